The predicted molar refractivity (Wildman–Crippen MR) is 62.3 cm³/mol. The molecule has 0 aliphatic heterocycles. The van der Waals surface area contributed by atoms with Crippen LogP contribution in [0.3, 0.4) is 0 Å². The van der Waals surface area contributed by atoms with Crippen LogP contribution >= 0.6 is 0 Å². The van der Waals surface area contributed by atoms with Gasteiger partial charge in [-0.1, -0.05) is 13.8 Å². The second-order valence-corrected chi connectivity index (χ2v) is 4.10. The fourth-order valence-corrected chi connectivity index (χ4v) is 1.70. The Morgan fingerprint density at radius 3 is 2.62 bits per heavy atom. The largest absolute Gasteiger partial charge is 0.494 e. The summed E-state index contributed by atoms with van der Waals surface area (Å²) in [6.07, 6.45) is 1.21. The van der Waals surface area contributed by atoms with Gasteiger partial charge in [0.1, 0.15) is 17.1 Å². The highest BCUT2D eigenvalue weighted by molar-refractivity contribution is 5.85. The lowest BCUT2D eigenvalue weighted by Crippen LogP contribution is -1.94. The summed E-state index contributed by atoms with van der Waals surface area (Å²) in [6, 6.07) is 5.40. The van der Waals surface area contributed by atoms with E-state index in [-0.39, 0.29) is 5.82 Å². The van der Waals surface area contributed by atoms with Crippen LogP contribution in [0, 0.1) is 5.82 Å². The quantitative estimate of drug-likeness (QED) is 0.771. The number of methoxy groups -OCH3 is 1. The van der Waals surface area contributed by atoms with Gasteiger partial charge in [0.25, 0.3) is 0 Å². The number of fused-ring (bicyclic) bond motifs is 1. The molecule has 0 N–H and O–H groups in total. The fourth-order valence-electron chi connectivity index (χ4n) is 1.70. The smallest absolute Gasteiger partial charge is 0.145 e. The molecule has 0 atom stereocenters. The molecule has 1 aromatic carbocycles. The molecule has 0 fully saturated rings. The number of rotatable bonds is 2. The number of hydrogen-bond donors (Lipinski definition) is 0. The predicted octanol–water partition coefficient (Wildman–Crippen LogP) is 3.51. The molecule has 0 saturated heterocycles. The van der Waals surface area contributed by atoms with Crippen LogP contribution < -0.4 is 4.74 Å². The van der Waals surface area contributed by atoms with Crippen LogP contribution in [0.2, 0.25) is 0 Å². The minimum Gasteiger partial charge on any atom is -0.494 e. The van der Waals surface area contributed by atoms with Crippen LogP contribution in [0.15, 0.2) is 24.4 Å². The lowest BCUT2D eigenvalue weighted by atomic mass is 10.0. The van der Waals surface area contributed by atoms with Gasteiger partial charge in [0.2, 0.25) is 0 Å². The van der Waals surface area contributed by atoms with Crippen LogP contribution in [-0.2, 0) is 0 Å². The van der Waals surface area contributed by atoms with Gasteiger partial charge in [-0.05, 0) is 29.7 Å². The first-order chi connectivity index (χ1) is 7.61. The van der Waals surface area contributed by atoms with Gasteiger partial charge in [-0.25, -0.2) is 9.37 Å². The molecule has 0 aliphatic rings. The zero-order chi connectivity index (χ0) is 11.7. The average Bonchev–Trinajstić information content (AvgIpc) is 2.26. The van der Waals surface area contributed by atoms with E-state index in [0.29, 0.717) is 17.2 Å². The summed E-state index contributed by atoms with van der Waals surface area (Å²) in [6.45, 7) is 4.18. The maximum absolute atomic E-state index is 13.1. The summed E-state index contributed by atoms with van der Waals surface area (Å²) in [4.78, 5) is 4.05. The van der Waals surface area contributed by atoms with Crippen LogP contribution in [0.25, 0.3) is 10.9 Å². The molecule has 0 bridgehead atoms. The summed E-state index contributed by atoms with van der Waals surface area (Å²) >= 11 is 0. The fraction of sp³-hybridized carbons (Fsp3) is 0.308. The van der Waals surface area contributed by atoms with Gasteiger partial charge in [-0.3, -0.25) is 0 Å². The Kier molecular flexibility index (Phi) is 2.77. The molecule has 0 aliphatic carbocycles. The minimum absolute atomic E-state index is 0.324. The number of aromatic nitrogens is 1. The molecule has 0 saturated carbocycles. The number of halogens is 1. The van der Waals surface area contributed by atoms with Gasteiger partial charge in [0.15, 0.2) is 0 Å². The minimum atomic E-state index is -0.324. The van der Waals surface area contributed by atoms with Crippen molar-refractivity contribution in [2.24, 2.45) is 0 Å². The first-order valence-corrected chi connectivity index (χ1v) is 5.25. The Morgan fingerprint density at radius 1 is 1.25 bits per heavy atom. The molecular formula is C13H14FNO. The Morgan fingerprint density at radius 2 is 2.00 bits per heavy atom. The number of pyridine rings is 1. The van der Waals surface area contributed by atoms with E-state index in [4.69, 9.17) is 4.74 Å². The average molecular weight is 219 g/mol. The van der Waals surface area contributed by atoms with Crippen molar-refractivity contribution < 1.29 is 9.13 Å². The second-order valence-electron chi connectivity index (χ2n) is 4.10. The van der Waals surface area contributed by atoms with Crippen LogP contribution in [0.4, 0.5) is 4.39 Å². The molecule has 0 unspecified atom stereocenters. The number of nitrogens with zero attached hydrogens (tertiary/aromatic N) is 1. The van der Waals surface area contributed by atoms with Crippen molar-refractivity contribution in [2.45, 2.75) is 19.8 Å². The third kappa shape index (κ3) is 1.85. The normalized spacial score (nSPS) is 11.1. The van der Waals surface area contributed by atoms with Crippen molar-refractivity contribution in [1.82, 2.24) is 4.98 Å². The topological polar surface area (TPSA) is 22.1 Å². The molecule has 2 rings (SSSR count). The van der Waals surface area contributed by atoms with E-state index in [2.05, 4.69) is 18.8 Å². The summed E-state index contributed by atoms with van der Waals surface area (Å²) in [5.41, 5.74) is 1.82. The molecule has 2 aromatic rings. The van der Waals surface area contributed by atoms with E-state index >= 15 is 0 Å². The molecule has 3 heteroatoms. The van der Waals surface area contributed by atoms with Gasteiger partial charge in [0.05, 0.1) is 13.3 Å². The van der Waals surface area contributed by atoms with Crippen molar-refractivity contribution in [3.05, 3.63) is 35.8 Å². The molecule has 0 amide bonds. The third-order valence-corrected chi connectivity index (χ3v) is 2.62. The highest BCUT2D eigenvalue weighted by Crippen LogP contribution is 2.29. The van der Waals surface area contributed by atoms with Crippen molar-refractivity contribution in [3.8, 4) is 5.75 Å². The van der Waals surface area contributed by atoms with Crippen LogP contribution in [0.5, 0.6) is 5.75 Å². The van der Waals surface area contributed by atoms with Gasteiger partial charge in [0, 0.05) is 5.39 Å². The summed E-state index contributed by atoms with van der Waals surface area (Å²) < 4.78 is 18.4. The van der Waals surface area contributed by atoms with Crippen molar-refractivity contribution in [3.63, 3.8) is 0 Å². The van der Waals surface area contributed by atoms with Gasteiger partial charge in [-0.15, -0.1) is 0 Å². The van der Waals surface area contributed by atoms with E-state index in [1.165, 1.54) is 12.3 Å². The van der Waals surface area contributed by atoms with Crippen molar-refractivity contribution in [2.75, 3.05) is 7.11 Å². The molecule has 0 spiro atoms. The number of hydrogen-bond acceptors (Lipinski definition) is 2. The third-order valence-electron chi connectivity index (χ3n) is 2.62. The molecule has 16 heavy (non-hydrogen) atoms. The number of benzene rings is 1. The molecule has 1 aromatic heterocycles. The van der Waals surface area contributed by atoms with E-state index in [9.17, 15) is 4.39 Å². The molecule has 84 valence electrons. The standard InChI is InChI=1S/C13H14FNO/c1-8(2)9-4-10-5-11(14)7-15-13(10)12(6-9)16-3/h4-8H,1-3H3. The van der Waals surface area contributed by atoms with Crippen molar-refractivity contribution in [1.29, 1.82) is 0 Å². The zero-order valence-corrected chi connectivity index (χ0v) is 9.62. The van der Waals surface area contributed by atoms with Gasteiger partial charge >= 0.3 is 0 Å². The lowest BCUT2D eigenvalue weighted by molar-refractivity contribution is 0.418. The molecular weight excluding hydrogens is 205 g/mol. The summed E-state index contributed by atoms with van der Waals surface area (Å²) in [5, 5.41) is 0.781. The Labute approximate surface area is 94.1 Å². The SMILES string of the molecule is COc1cc(C(C)C)cc2cc(F)cnc12. The van der Waals surface area contributed by atoms with Crippen molar-refractivity contribution >= 4 is 10.9 Å². The van der Waals surface area contributed by atoms with Crippen LogP contribution in [0.1, 0.15) is 25.3 Å². The Balaban J connectivity index is 2.73. The van der Waals surface area contributed by atoms with E-state index in [0.717, 1.165) is 10.9 Å². The highest BCUT2D eigenvalue weighted by Gasteiger charge is 2.08. The summed E-state index contributed by atoms with van der Waals surface area (Å²) in [7, 11) is 1.60. The maximum Gasteiger partial charge on any atom is 0.145 e. The van der Waals surface area contributed by atoms with Gasteiger partial charge < -0.3 is 4.74 Å². The lowest BCUT2D eigenvalue weighted by Gasteiger charge is -2.10. The highest BCUT2D eigenvalue weighted by atomic mass is 19.1. The van der Waals surface area contributed by atoms with E-state index < -0.39 is 0 Å². The zero-order valence-electron chi connectivity index (χ0n) is 9.62. The van der Waals surface area contributed by atoms with E-state index in [1.54, 1.807) is 7.11 Å². The Hall–Kier alpha value is -1.64. The van der Waals surface area contributed by atoms with Crippen LogP contribution in [-0.4, -0.2) is 12.1 Å². The van der Waals surface area contributed by atoms with Gasteiger partial charge in [-0.2, -0.15) is 0 Å². The summed E-state index contributed by atoms with van der Waals surface area (Å²) in [5.74, 6) is 0.748. The molecule has 0 radical (unpaired) electrons. The first kappa shape index (κ1) is 10.9. The van der Waals surface area contributed by atoms with E-state index in [1.807, 2.05) is 12.1 Å². The first-order valence-electron chi connectivity index (χ1n) is 5.25. The Bertz CT molecular complexity index is 523. The second kappa shape index (κ2) is 4.08. The maximum atomic E-state index is 13.1. The number of ether oxygens (including phenoxy) is 1. The monoisotopic (exact) mass is 219 g/mol. The molecule has 2 nitrogen and oxygen atoms in total. The molecule has 1 heterocycles.